The van der Waals surface area contributed by atoms with E-state index in [4.69, 9.17) is 5.73 Å². The Morgan fingerprint density at radius 2 is 1.70 bits per heavy atom. The standard InChI is InChI=1S/C22H25NO3S/c23-20(24)22(21(25)26)14-5-4-8-19(22)27-15-13-16-9-11-18(12-10-16)17-6-2-1-3-7-17/h1-3,6-7,9-12,19H,4-5,8,13-15H2,(H2,23,24)(H,25,26). The van der Waals surface area contributed by atoms with Crippen LogP contribution < -0.4 is 5.73 Å². The molecule has 1 aliphatic rings. The van der Waals surface area contributed by atoms with Gasteiger partial charge in [0.1, 0.15) is 0 Å². The van der Waals surface area contributed by atoms with Crippen LogP contribution in [0.4, 0.5) is 0 Å². The van der Waals surface area contributed by atoms with Gasteiger partial charge in [0.25, 0.3) is 0 Å². The number of hydrogen-bond acceptors (Lipinski definition) is 3. The van der Waals surface area contributed by atoms with Crippen LogP contribution in [0.5, 0.6) is 0 Å². The molecule has 0 aliphatic heterocycles. The van der Waals surface area contributed by atoms with Gasteiger partial charge in [0.15, 0.2) is 5.41 Å². The number of carbonyl (C=O) groups excluding carboxylic acids is 1. The van der Waals surface area contributed by atoms with E-state index >= 15 is 0 Å². The molecule has 2 unspecified atom stereocenters. The largest absolute Gasteiger partial charge is 0.480 e. The third-order valence-electron chi connectivity index (χ3n) is 5.43. The summed E-state index contributed by atoms with van der Waals surface area (Å²) >= 11 is 1.57. The summed E-state index contributed by atoms with van der Waals surface area (Å²) in [4.78, 5) is 23.8. The van der Waals surface area contributed by atoms with Gasteiger partial charge in [0.05, 0.1) is 0 Å². The van der Waals surface area contributed by atoms with E-state index in [1.807, 2.05) is 18.2 Å². The Morgan fingerprint density at radius 1 is 1.04 bits per heavy atom. The quantitative estimate of drug-likeness (QED) is 0.705. The Bertz CT molecular complexity index is 775. The number of carboxylic acids is 1. The molecule has 142 valence electrons. The summed E-state index contributed by atoms with van der Waals surface area (Å²) in [6.45, 7) is 0. The van der Waals surface area contributed by atoms with E-state index in [1.54, 1.807) is 11.8 Å². The fourth-order valence-corrected chi connectivity index (χ4v) is 5.40. The van der Waals surface area contributed by atoms with Crippen LogP contribution in [0.25, 0.3) is 11.1 Å². The number of nitrogens with two attached hydrogens (primary N) is 1. The van der Waals surface area contributed by atoms with Crippen molar-refractivity contribution in [3.63, 3.8) is 0 Å². The molecule has 3 N–H and O–H groups in total. The first-order valence-corrected chi connectivity index (χ1v) is 10.4. The van der Waals surface area contributed by atoms with E-state index < -0.39 is 17.3 Å². The highest BCUT2D eigenvalue weighted by Gasteiger charge is 2.52. The van der Waals surface area contributed by atoms with E-state index in [0.717, 1.165) is 31.4 Å². The number of thioether (sulfide) groups is 1. The lowest BCUT2D eigenvalue weighted by atomic mass is 9.73. The van der Waals surface area contributed by atoms with Crippen LogP contribution in [0.3, 0.4) is 0 Å². The number of benzene rings is 2. The summed E-state index contributed by atoms with van der Waals surface area (Å²) in [5.74, 6) is -0.990. The van der Waals surface area contributed by atoms with Crippen molar-refractivity contribution in [1.82, 2.24) is 0 Å². The smallest absolute Gasteiger partial charge is 0.320 e. The van der Waals surface area contributed by atoms with Gasteiger partial charge in [-0.25, -0.2) is 0 Å². The second kappa shape index (κ2) is 8.61. The third kappa shape index (κ3) is 4.19. The highest BCUT2D eigenvalue weighted by atomic mass is 32.2. The number of aryl methyl sites for hydroxylation is 1. The Hall–Kier alpha value is -2.27. The minimum atomic E-state index is -1.42. The van der Waals surface area contributed by atoms with Crippen LogP contribution in [-0.4, -0.2) is 28.0 Å². The van der Waals surface area contributed by atoms with E-state index in [2.05, 4.69) is 36.4 Å². The van der Waals surface area contributed by atoms with Crippen LogP contribution >= 0.6 is 11.8 Å². The van der Waals surface area contributed by atoms with Crippen molar-refractivity contribution in [3.8, 4) is 11.1 Å². The number of carbonyl (C=O) groups is 2. The molecule has 1 amide bonds. The summed E-state index contributed by atoms with van der Waals surface area (Å²) < 4.78 is 0. The van der Waals surface area contributed by atoms with Gasteiger partial charge in [-0.15, -0.1) is 0 Å². The van der Waals surface area contributed by atoms with Gasteiger partial charge in [-0.2, -0.15) is 11.8 Å². The van der Waals surface area contributed by atoms with Gasteiger partial charge in [-0.3, -0.25) is 9.59 Å². The SMILES string of the molecule is NC(=O)C1(C(=O)O)CCCCC1SCCc1ccc(-c2ccccc2)cc1. The van der Waals surface area contributed by atoms with Gasteiger partial charge in [-0.1, -0.05) is 67.4 Å². The predicted octanol–water partition coefficient (Wildman–Crippen LogP) is 4.13. The molecule has 0 aromatic heterocycles. The molecule has 4 nitrogen and oxygen atoms in total. The molecule has 5 heteroatoms. The van der Waals surface area contributed by atoms with Gasteiger partial charge in [0.2, 0.25) is 5.91 Å². The zero-order valence-corrected chi connectivity index (χ0v) is 16.1. The maximum atomic E-state index is 12.0. The topological polar surface area (TPSA) is 80.4 Å². The normalized spacial score (nSPS) is 22.3. The molecule has 1 aliphatic carbocycles. The molecule has 0 saturated heterocycles. The highest BCUT2D eigenvalue weighted by molar-refractivity contribution is 8.00. The Kier molecular flexibility index (Phi) is 6.22. The summed E-state index contributed by atoms with van der Waals surface area (Å²) in [6.07, 6.45) is 3.61. The van der Waals surface area contributed by atoms with Gasteiger partial charge in [-0.05, 0) is 41.7 Å². The third-order valence-corrected chi connectivity index (χ3v) is 6.91. The summed E-state index contributed by atoms with van der Waals surface area (Å²) in [5.41, 5.74) is 7.67. The average molecular weight is 384 g/mol. The van der Waals surface area contributed by atoms with Gasteiger partial charge >= 0.3 is 5.97 Å². The lowest BCUT2D eigenvalue weighted by Gasteiger charge is -2.37. The molecule has 0 bridgehead atoms. The van der Waals surface area contributed by atoms with Crippen molar-refractivity contribution in [2.75, 3.05) is 5.75 Å². The van der Waals surface area contributed by atoms with Crippen molar-refractivity contribution in [3.05, 3.63) is 60.2 Å². The molecule has 2 aromatic carbocycles. The highest BCUT2D eigenvalue weighted by Crippen LogP contribution is 2.43. The Balaban J connectivity index is 1.61. The monoisotopic (exact) mass is 383 g/mol. The fraction of sp³-hybridized carbons (Fsp3) is 0.364. The zero-order chi connectivity index (χ0) is 19.3. The molecule has 0 radical (unpaired) electrons. The number of amides is 1. The van der Waals surface area contributed by atoms with E-state index in [0.29, 0.717) is 6.42 Å². The molecule has 0 heterocycles. The molecular formula is C22H25NO3S. The van der Waals surface area contributed by atoms with Crippen molar-refractivity contribution in [2.45, 2.75) is 37.4 Å². The van der Waals surface area contributed by atoms with E-state index in [9.17, 15) is 14.7 Å². The van der Waals surface area contributed by atoms with Crippen LogP contribution in [0.2, 0.25) is 0 Å². The summed E-state index contributed by atoms with van der Waals surface area (Å²) in [6, 6.07) is 18.7. The number of rotatable bonds is 7. The molecule has 3 rings (SSSR count). The van der Waals surface area contributed by atoms with Crippen LogP contribution in [0.1, 0.15) is 31.2 Å². The second-order valence-electron chi connectivity index (χ2n) is 7.06. The number of primary amides is 1. The molecule has 1 saturated carbocycles. The maximum Gasteiger partial charge on any atom is 0.320 e. The first-order valence-electron chi connectivity index (χ1n) is 9.33. The summed E-state index contributed by atoms with van der Waals surface area (Å²) in [7, 11) is 0. The second-order valence-corrected chi connectivity index (χ2v) is 8.37. The molecule has 2 atom stereocenters. The zero-order valence-electron chi connectivity index (χ0n) is 15.3. The number of aliphatic carboxylic acids is 1. The van der Waals surface area contributed by atoms with Crippen molar-refractivity contribution < 1.29 is 14.7 Å². The number of carboxylic acid groups (broad SMARTS) is 1. The fourth-order valence-electron chi connectivity index (χ4n) is 3.81. The van der Waals surface area contributed by atoms with Crippen molar-refractivity contribution in [2.24, 2.45) is 11.1 Å². The van der Waals surface area contributed by atoms with Crippen molar-refractivity contribution >= 4 is 23.6 Å². The van der Waals surface area contributed by atoms with Crippen LogP contribution in [0.15, 0.2) is 54.6 Å². The number of hydrogen-bond donors (Lipinski definition) is 2. The average Bonchev–Trinajstić information content (AvgIpc) is 2.69. The van der Waals surface area contributed by atoms with Crippen molar-refractivity contribution in [1.29, 1.82) is 0 Å². The molecule has 27 heavy (non-hydrogen) atoms. The minimum absolute atomic E-state index is 0.246. The van der Waals surface area contributed by atoms with Gasteiger partial charge < -0.3 is 10.8 Å². The minimum Gasteiger partial charge on any atom is -0.480 e. The molecule has 2 aromatic rings. The van der Waals surface area contributed by atoms with Gasteiger partial charge in [0, 0.05) is 5.25 Å². The molecule has 1 fully saturated rings. The Morgan fingerprint density at radius 3 is 2.33 bits per heavy atom. The van der Waals surface area contributed by atoms with E-state index in [-0.39, 0.29) is 5.25 Å². The lowest BCUT2D eigenvalue weighted by Crippen LogP contribution is -2.52. The van der Waals surface area contributed by atoms with Crippen LogP contribution in [-0.2, 0) is 16.0 Å². The lowest BCUT2D eigenvalue weighted by molar-refractivity contribution is -0.156. The van der Waals surface area contributed by atoms with Crippen LogP contribution in [0, 0.1) is 5.41 Å². The predicted molar refractivity (Wildman–Crippen MR) is 110 cm³/mol. The Labute approximate surface area is 164 Å². The summed E-state index contributed by atoms with van der Waals surface area (Å²) in [5, 5.41) is 9.43. The maximum absolute atomic E-state index is 12.0. The first-order chi connectivity index (χ1) is 13.0. The first kappa shape index (κ1) is 19.5. The van der Waals surface area contributed by atoms with E-state index in [1.165, 1.54) is 16.7 Å². The molecule has 0 spiro atoms. The molecular weight excluding hydrogens is 358 g/mol.